The first-order valence-corrected chi connectivity index (χ1v) is 26.8. The molecule has 7 aromatic rings. The number of rotatable bonds is 30. The predicted octanol–water partition coefficient (Wildman–Crippen LogP) is 11.9. The fraction of sp³-hybridized carbons (Fsp3) is 0.344. The topological polar surface area (TPSA) is 150 Å². The first kappa shape index (κ1) is 56.1. The lowest BCUT2D eigenvalue weighted by Gasteiger charge is -2.50. The van der Waals surface area contributed by atoms with Crippen molar-refractivity contribution in [3.8, 4) is 0 Å². The first-order chi connectivity index (χ1) is 38.7. The van der Waals surface area contributed by atoms with Gasteiger partial charge in [0, 0.05) is 18.1 Å². The molecule has 0 aliphatic carbocycles. The van der Waals surface area contributed by atoms with E-state index in [1.807, 2.05) is 212 Å². The van der Waals surface area contributed by atoms with Crippen molar-refractivity contribution < 1.29 is 52.1 Å². The fourth-order valence-electron chi connectivity index (χ4n) is 9.47. The molecule has 0 aromatic heterocycles. The molecule has 0 N–H and O–H groups in total. The minimum absolute atomic E-state index is 0.0668. The second-order valence-electron chi connectivity index (χ2n) is 19.2. The van der Waals surface area contributed by atoms with E-state index in [9.17, 15) is 0 Å². The third kappa shape index (κ3) is 17.2. The smallest absolute Gasteiger partial charge is 0.187 e. The van der Waals surface area contributed by atoms with Gasteiger partial charge in [-0.3, -0.25) is 0 Å². The predicted molar refractivity (Wildman–Crippen MR) is 294 cm³/mol. The van der Waals surface area contributed by atoms with Crippen molar-refractivity contribution in [2.24, 2.45) is 5.11 Å². The van der Waals surface area contributed by atoms with Gasteiger partial charge in [-0.05, 0) is 50.9 Å². The molecule has 0 bridgehead atoms. The van der Waals surface area contributed by atoms with E-state index in [-0.39, 0.29) is 59.4 Å². The van der Waals surface area contributed by atoms with Crippen LogP contribution in [-0.4, -0.2) is 87.8 Å². The normalized spacial score (nSPS) is 23.1. The Morgan fingerprint density at radius 1 is 0.346 bits per heavy atom. The molecule has 14 heteroatoms. The van der Waals surface area contributed by atoms with Gasteiger partial charge in [0.05, 0.1) is 59.5 Å². The molecule has 406 valence electrons. The van der Waals surface area contributed by atoms with Crippen molar-refractivity contribution in [3.05, 3.63) is 262 Å². The highest BCUT2D eigenvalue weighted by atomic mass is 16.8. The van der Waals surface area contributed by atoms with Gasteiger partial charge < -0.3 is 52.1 Å². The van der Waals surface area contributed by atoms with Crippen molar-refractivity contribution in [1.29, 1.82) is 0 Å². The maximum absolute atomic E-state index is 9.08. The van der Waals surface area contributed by atoms with E-state index < -0.39 is 61.4 Å². The Morgan fingerprint density at radius 3 is 1.04 bits per heavy atom. The molecular formula is C64H69N3O11. The van der Waals surface area contributed by atoms with Crippen LogP contribution in [0.4, 0.5) is 0 Å². The Hall–Kier alpha value is -6.59. The molecular weight excluding hydrogens is 987 g/mol. The lowest BCUT2D eigenvalue weighted by atomic mass is 9.95. The summed E-state index contributed by atoms with van der Waals surface area (Å²) in [5.41, 5.74) is 15.8. The number of benzene rings is 7. The molecule has 0 saturated carbocycles. The van der Waals surface area contributed by atoms with E-state index in [2.05, 4.69) is 10.0 Å². The molecule has 7 aromatic carbocycles. The van der Waals surface area contributed by atoms with E-state index in [1.54, 1.807) is 0 Å². The monoisotopic (exact) mass is 1060 g/mol. The molecule has 2 saturated heterocycles. The Kier molecular flexibility index (Phi) is 22.4. The van der Waals surface area contributed by atoms with Crippen LogP contribution < -0.4 is 0 Å². The van der Waals surface area contributed by atoms with Gasteiger partial charge in [-0.15, -0.1) is 0 Å². The van der Waals surface area contributed by atoms with Crippen molar-refractivity contribution in [3.63, 3.8) is 0 Å². The third-order valence-corrected chi connectivity index (χ3v) is 13.4. The van der Waals surface area contributed by atoms with Crippen LogP contribution in [0.1, 0.15) is 45.4 Å². The van der Waals surface area contributed by atoms with Crippen LogP contribution in [0.2, 0.25) is 0 Å². The lowest BCUT2D eigenvalue weighted by Crippen LogP contribution is -2.66. The van der Waals surface area contributed by atoms with Gasteiger partial charge in [0.1, 0.15) is 48.8 Å². The van der Waals surface area contributed by atoms with E-state index >= 15 is 0 Å². The van der Waals surface area contributed by atoms with E-state index in [0.29, 0.717) is 19.6 Å². The Balaban J connectivity index is 1.12. The van der Waals surface area contributed by atoms with Crippen molar-refractivity contribution in [1.82, 2.24) is 0 Å². The molecule has 0 spiro atoms. The molecule has 78 heavy (non-hydrogen) atoms. The van der Waals surface area contributed by atoms with Crippen LogP contribution in [-0.2, 0) is 98.4 Å². The molecule has 2 fully saturated rings. The molecule has 14 nitrogen and oxygen atoms in total. The first-order valence-electron chi connectivity index (χ1n) is 26.8. The highest BCUT2D eigenvalue weighted by molar-refractivity contribution is 5.19. The maximum Gasteiger partial charge on any atom is 0.187 e. The summed E-state index contributed by atoms with van der Waals surface area (Å²) in [5.74, 6) is 0. The summed E-state index contributed by atoms with van der Waals surface area (Å²) in [5, 5.41) is 3.75. The van der Waals surface area contributed by atoms with Crippen molar-refractivity contribution >= 4 is 0 Å². The largest absolute Gasteiger partial charge is 0.374 e. The molecule has 2 aliphatic rings. The zero-order chi connectivity index (χ0) is 53.2. The molecule has 0 unspecified atom stereocenters. The number of azide groups is 1. The van der Waals surface area contributed by atoms with Crippen LogP contribution in [0, 0.1) is 0 Å². The standard InChI is InChI=1S/C64H69N3O11/c65-67-66-37-22-38-70-63-61(74-44-53-33-18-6-19-34-53)60(73-43-52-31-16-5-17-32-52)58(56(76-63)47-69-40-49-25-10-2-11-26-49)78-64-62(75-45-54-35-20-7-21-36-54)59(72-42-51-29-14-4-15-30-51)57(71-41-50-27-12-3-13-28-50)55(77-64)46-68-39-48-23-8-1-9-24-48/h1-21,23-36,55-64H,22,37-47H2/t55-,56-,57+,58+,59+,60+,61-,62-,63-,64-/m1/s1. The van der Waals surface area contributed by atoms with E-state index in [0.717, 1.165) is 38.9 Å². The molecule has 2 aliphatic heterocycles. The number of hydrogen-bond donors (Lipinski definition) is 0. The number of ether oxygens (including phenoxy) is 11. The summed E-state index contributed by atoms with van der Waals surface area (Å²) in [4.78, 5) is 2.95. The van der Waals surface area contributed by atoms with Crippen LogP contribution in [0.25, 0.3) is 10.4 Å². The van der Waals surface area contributed by atoms with Gasteiger partial charge in [-0.1, -0.05) is 217 Å². The second-order valence-corrected chi connectivity index (χ2v) is 19.2. The van der Waals surface area contributed by atoms with Gasteiger partial charge in [0.2, 0.25) is 0 Å². The van der Waals surface area contributed by atoms with E-state index in [4.69, 9.17) is 57.6 Å². The minimum atomic E-state index is -1.14. The van der Waals surface area contributed by atoms with Gasteiger partial charge in [0.15, 0.2) is 12.6 Å². The van der Waals surface area contributed by atoms with Crippen LogP contribution in [0.3, 0.4) is 0 Å². The minimum Gasteiger partial charge on any atom is -0.374 e. The summed E-state index contributed by atoms with van der Waals surface area (Å²) < 4.78 is 76.9. The van der Waals surface area contributed by atoms with Crippen LogP contribution >= 0.6 is 0 Å². The molecule has 10 atom stereocenters. The molecule has 0 amide bonds. The average Bonchev–Trinajstić information content (AvgIpc) is 3.53. The van der Waals surface area contributed by atoms with Crippen molar-refractivity contribution in [2.75, 3.05) is 26.4 Å². The lowest BCUT2D eigenvalue weighted by molar-refractivity contribution is -0.377. The highest BCUT2D eigenvalue weighted by Gasteiger charge is 2.54. The average molecular weight is 1060 g/mol. The maximum atomic E-state index is 9.08. The Bertz CT molecular complexity index is 2770. The van der Waals surface area contributed by atoms with E-state index in [1.165, 1.54) is 0 Å². The highest BCUT2D eigenvalue weighted by Crippen LogP contribution is 2.37. The van der Waals surface area contributed by atoms with Crippen LogP contribution in [0.15, 0.2) is 217 Å². The summed E-state index contributed by atoms with van der Waals surface area (Å²) in [6.07, 6.45) is -8.29. The van der Waals surface area contributed by atoms with Gasteiger partial charge >= 0.3 is 0 Å². The molecule has 2 heterocycles. The number of hydrogen-bond acceptors (Lipinski definition) is 12. The second kappa shape index (κ2) is 31.1. The van der Waals surface area contributed by atoms with Crippen molar-refractivity contribution in [2.45, 2.75) is 114 Å². The summed E-state index contributed by atoms with van der Waals surface area (Å²) in [6, 6.07) is 69.9. The third-order valence-electron chi connectivity index (χ3n) is 13.4. The quantitative estimate of drug-likeness (QED) is 0.0183. The van der Waals surface area contributed by atoms with Gasteiger partial charge in [-0.25, -0.2) is 0 Å². The fourth-order valence-corrected chi connectivity index (χ4v) is 9.47. The van der Waals surface area contributed by atoms with Crippen LogP contribution in [0.5, 0.6) is 0 Å². The zero-order valence-corrected chi connectivity index (χ0v) is 43.8. The SMILES string of the molecule is [N-]=[N+]=NCCCO[C@@H]1O[C@H](COCc2ccccc2)[C@H](O[C@H]2O[C@H](COCc3ccccc3)[C@H](OCc3ccccc3)[C@H](OCc3ccccc3)[C@H]2OCc2ccccc2)[C@H](OCc2ccccc2)[C@H]1OCc1ccccc1. The summed E-state index contributed by atoms with van der Waals surface area (Å²) in [7, 11) is 0. The molecule has 9 rings (SSSR count). The summed E-state index contributed by atoms with van der Waals surface area (Å²) in [6.45, 7) is 2.39. The van der Waals surface area contributed by atoms with Gasteiger partial charge in [-0.2, -0.15) is 0 Å². The summed E-state index contributed by atoms with van der Waals surface area (Å²) >= 11 is 0. The Morgan fingerprint density at radius 2 is 0.654 bits per heavy atom. The Labute approximate surface area is 457 Å². The number of nitrogens with zero attached hydrogens (tertiary/aromatic N) is 3. The molecule has 0 radical (unpaired) electrons. The van der Waals surface area contributed by atoms with Gasteiger partial charge in [0.25, 0.3) is 0 Å². The zero-order valence-electron chi connectivity index (χ0n) is 43.8.